The van der Waals surface area contributed by atoms with Crippen LogP contribution in [0, 0.1) is 0 Å². The average Bonchev–Trinajstić information content (AvgIpc) is 2.72. The zero-order valence-corrected chi connectivity index (χ0v) is 16.1. The van der Waals surface area contributed by atoms with E-state index in [2.05, 4.69) is 5.32 Å². The van der Waals surface area contributed by atoms with E-state index in [0.717, 1.165) is 23.4 Å². The van der Waals surface area contributed by atoms with Crippen LogP contribution in [-0.4, -0.2) is 58.3 Å². The van der Waals surface area contributed by atoms with Crippen LogP contribution in [0.4, 0.5) is 0 Å². The number of ether oxygens (including phenoxy) is 1. The van der Waals surface area contributed by atoms with Gasteiger partial charge in [0.1, 0.15) is 5.75 Å². The van der Waals surface area contributed by atoms with Gasteiger partial charge in [0.15, 0.2) is 17.2 Å². The molecule has 1 aliphatic rings. The molecule has 0 aromatic heterocycles. The molecule has 1 fully saturated rings. The smallest absolute Gasteiger partial charge is 0.251 e. The van der Waals surface area contributed by atoms with Crippen molar-refractivity contribution in [3.8, 4) is 23.0 Å². The number of phenolic OH excluding ortho intramolecular Hbond substituents is 3. The topological polar surface area (TPSA) is 119 Å². The Hall–Kier alpha value is -3.42. The molecule has 0 spiro atoms. The summed E-state index contributed by atoms with van der Waals surface area (Å²) in [7, 11) is 1.59. The molecule has 0 radical (unpaired) electrons. The number of methoxy groups -OCH3 is 1. The number of rotatable bonds is 5. The third kappa shape index (κ3) is 4.90. The van der Waals surface area contributed by atoms with Crippen LogP contribution >= 0.6 is 0 Å². The van der Waals surface area contributed by atoms with Gasteiger partial charge in [0.05, 0.1) is 13.5 Å². The van der Waals surface area contributed by atoms with Crippen LogP contribution in [0.5, 0.6) is 23.0 Å². The molecular weight excluding hydrogens is 376 g/mol. The lowest BCUT2D eigenvalue weighted by Crippen LogP contribution is -2.47. The lowest BCUT2D eigenvalue weighted by molar-refractivity contribution is -0.131. The number of hydrogen-bond donors (Lipinski definition) is 4. The SMILES string of the molecule is COc1ccc(CC(=O)N2CCC(NC(=O)c3cc(O)c(O)c(O)c3)CC2)cc1. The Morgan fingerprint density at radius 3 is 2.21 bits per heavy atom. The molecule has 2 amide bonds. The first-order valence-electron chi connectivity index (χ1n) is 9.34. The number of amides is 2. The first kappa shape index (κ1) is 20.3. The summed E-state index contributed by atoms with van der Waals surface area (Å²) in [5.41, 5.74) is 0.967. The standard InChI is InChI=1S/C21H24N2O6/c1-29-16-4-2-13(3-5-16)10-19(26)23-8-6-15(7-9-23)22-21(28)14-11-17(24)20(27)18(25)12-14/h2-5,11-12,15,24-25,27H,6-10H2,1H3,(H,22,28). The van der Waals surface area contributed by atoms with Crippen LogP contribution < -0.4 is 10.1 Å². The van der Waals surface area contributed by atoms with E-state index in [1.165, 1.54) is 0 Å². The van der Waals surface area contributed by atoms with E-state index in [1.807, 2.05) is 24.3 Å². The second-order valence-electron chi connectivity index (χ2n) is 7.02. The summed E-state index contributed by atoms with van der Waals surface area (Å²) < 4.78 is 5.11. The molecule has 0 saturated carbocycles. The van der Waals surface area contributed by atoms with Crippen molar-refractivity contribution in [2.24, 2.45) is 0 Å². The number of phenols is 3. The van der Waals surface area contributed by atoms with E-state index in [9.17, 15) is 24.9 Å². The van der Waals surface area contributed by atoms with Gasteiger partial charge < -0.3 is 30.3 Å². The fourth-order valence-electron chi connectivity index (χ4n) is 3.31. The Morgan fingerprint density at radius 2 is 1.66 bits per heavy atom. The lowest BCUT2D eigenvalue weighted by Gasteiger charge is -2.32. The molecule has 2 aromatic rings. The highest BCUT2D eigenvalue weighted by molar-refractivity contribution is 5.95. The molecule has 0 atom stereocenters. The predicted molar refractivity (Wildman–Crippen MR) is 105 cm³/mol. The molecule has 4 N–H and O–H groups in total. The summed E-state index contributed by atoms with van der Waals surface area (Å²) >= 11 is 0. The maximum atomic E-state index is 12.5. The molecule has 3 rings (SSSR count). The Bertz CT molecular complexity index is 866. The van der Waals surface area contributed by atoms with Crippen LogP contribution in [-0.2, 0) is 11.2 Å². The van der Waals surface area contributed by atoms with Gasteiger partial charge in [0, 0.05) is 24.7 Å². The zero-order valence-electron chi connectivity index (χ0n) is 16.1. The molecule has 0 bridgehead atoms. The van der Waals surface area contributed by atoms with Gasteiger partial charge in [0.2, 0.25) is 5.91 Å². The van der Waals surface area contributed by atoms with E-state index >= 15 is 0 Å². The van der Waals surface area contributed by atoms with Crippen LogP contribution in [0.3, 0.4) is 0 Å². The largest absolute Gasteiger partial charge is 0.504 e. The zero-order chi connectivity index (χ0) is 21.0. The van der Waals surface area contributed by atoms with Crippen molar-refractivity contribution in [2.75, 3.05) is 20.2 Å². The minimum Gasteiger partial charge on any atom is -0.504 e. The van der Waals surface area contributed by atoms with Gasteiger partial charge in [0.25, 0.3) is 5.91 Å². The van der Waals surface area contributed by atoms with Crippen LogP contribution in [0.2, 0.25) is 0 Å². The van der Waals surface area contributed by atoms with Crippen LogP contribution in [0.15, 0.2) is 36.4 Å². The van der Waals surface area contributed by atoms with Crippen molar-refractivity contribution in [1.82, 2.24) is 10.2 Å². The normalized spacial score (nSPS) is 14.4. The number of hydrogen-bond acceptors (Lipinski definition) is 6. The fraction of sp³-hybridized carbons (Fsp3) is 0.333. The Kier molecular flexibility index (Phi) is 6.11. The summed E-state index contributed by atoms with van der Waals surface area (Å²) in [6, 6.07) is 9.45. The number of nitrogens with one attached hydrogen (secondary N) is 1. The fourth-order valence-corrected chi connectivity index (χ4v) is 3.31. The minimum atomic E-state index is -0.662. The van der Waals surface area contributed by atoms with Gasteiger partial charge in [-0.2, -0.15) is 0 Å². The van der Waals surface area contributed by atoms with Gasteiger partial charge >= 0.3 is 0 Å². The van der Waals surface area contributed by atoms with Crippen molar-refractivity contribution in [3.05, 3.63) is 47.5 Å². The highest BCUT2D eigenvalue weighted by atomic mass is 16.5. The van der Waals surface area contributed by atoms with Gasteiger partial charge in [-0.05, 0) is 42.7 Å². The van der Waals surface area contributed by atoms with Crippen molar-refractivity contribution in [3.63, 3.8) is 0 Å². The van der Waals surface area contributed by atoms with E-state index < -0.39 is 23.2 Å². The predicted octanol–water partition coefficient (Wildman–Crippen LogP) is 1.78. The Morgan fingerprint density at radius 1 is 1.07 bits per heavy atom. The number of carbonyl (C=O) groups is 2. The Balaban J connectivity index is 1.50. The molecule has 1 heterocycles. The van der Waals surface area contributed by atoms with E-state index in [-0.39, 0.29) is 17.5 Å². The van der Waals surface area contributed by atoms with Crippen molar-refractivity contribution in [2.45, 2.75) is 25.3 Å². The quantitative estimate of drug-likeness (QED) is 0.568. The molecule has 0 unspecified atom stereocenters. The second-order valence-corrected chi connectivity index (χ2v) is 7.02. The number of nitrogens with zero attached hydrogens (tertiary/aromatic N) is 1. The number of aromatic hydroxyl groups is 3. The molecule has 8 nitrogen and oxygen atoms in total. The summed E-state index contributed by atoms with van der Waals surface area (Å²) in [5, 5.41) is 31.3. The molecule has 0 aliphatic carbocycles. The highest BCUT2D eigenvalue weighted by Crippen LogP contribution is 2.35. The van der Waals surface area contributed by atoms with Crippen molar-refractivity contribution < 1.29 is 29.6 Å². The highest BCUT2D eigenvalue weighted by Gasteiger charge is 2.25. The van der Waals surface area contributed by atoms with Crippen molar-refractivity contribution >= 4 is 11.8 Å². The molecule has 154 valence electrons. The van der Waals surface area contributed by atoms with Gasteiger partial charge in [-0.25, -0.2) is 0 Å². The maximum Gasteiger partial charge on any atom is 0.251 e. The monoisotopic (exact) mass is 400 g/mol. The lowest BCUT2D eigenvalue weighted by atomic mass is 10.0. The summed E-state index contributed by atoms with van der Waals surface area (Å²) in [5.74, 6) is -1.46. The summed E-state index contributed by atoms with van der Waals surface area (Å²) in [6.07, 6.45) is 1.53. The van der Waals surface area contributed by atoms with E-state index in [1.54, 1.807) is 12.0 Å². The molecule has 29 heavy (non-hydrogen) atoms. The maximum absolute atomic E-state index is 12.5. The second kappa shape index (κ2) is 8.72. The number of piperidine rings is 1. The molecule has 1 saturated heterocycles. The molecule has 2 aromatic carbocycles. The van der Waals surface area contributed by atoms with Gasteiger partial charge in [-0.1, -0.05) is 12.1 Å². The summed E-state index contributed by atoms with van der Waals surface area (Å²) in [4.78, 5) is 26.6. The van der Waals surface area contributed by atoms with Crippen LogP contribution in [0.1, 0.15) is 28.8 Å². The average molecular weight is 400 g/mol. The van der Waals surface area contributed by atoms with Crippen LogP contribution in [0.25, 0.3) is 0 Å². The van der Waals surface area contributed by atoms with E-state index in [0.29, 0.717) is 32.4 Å². The minimum absolute atomic E-state index is 0.0355. The third-order valence-corrected chi connectivity index (χ3v) is 5.03. The summed E-state index contributed by atoms with van der Waals surface area (Å²) in [6.45, 7) is 1.07. The molecular formula is C21H24N2O6. The van der Waals surface area contributed by atoms with Gasteiger partial charge in [-0.3, -0.25) is 9.59 Å². The Labute approximate surface area is 168 Å². The molecule has 8 heteroatoms. The number of carbonyl (C=O) groups excluding carboxylic acids is 2. The van der Waals surface area contributed by atoms with E-state index in [4.69, 9.17) is 4.74 Å². The van der Waals surface area contributed by atoms with Crippen molar-refractivity contribution in [1.29, 1.82) is 0 Å². The number of benzene rings is 2. The third-order valence-electron chi connectivity index (χ3n) is 5.03. The number of likely N-dealkylation sites (tertiary alicyclic amines) is 1. The van der Waals surface area contributed by atoms with Gasteiger partial charge in [-0.15, -0.1) is 0 Å². The first-order valence-corrected chi connectivity index (χ1v) is 9.34. The molecule has 1 aliphatic heterocycles. The first-order chi connectivity index (χ1) is 13.9.